The molecule has 0 bridgehead atoms. The lowest BCUT2D eigenvalue weighted by Gasteiger charge is -2.26. The maximum Gasteiger partial charge on any atom is 0.416 e. The van der Waals surface area contributed by atoms with E-state index in [0.29, 0.717) is 9.92 Å². The Morgan fingerprint density at radius 1 is 1.13 bits per heavy atom. The quantitative estimate of drug-likeness (QED) is 0.187. The highest BCUT2D eigenvalue weighted by Crippen LogP contribution is 2.22. The fourth-order valence-corrected chi connectivity index (χ4v) is 3.09. The number of aliphatic hydroxyl groups is 1. The van der Waals surface area contributed by atoms with E-state index in [0.717, 1.165) is 11.0 Å². The number of benzene rings is 1. The number of carbonyl (C=O) groups excluding carboxylic acids is 1. The molecule has 0 aliphatic carbocycles. The molecule has 1 atom stereocenters. The Hall–Kier alpha value is -3.92. The third kappa shape index (κ3) is 7.79. The summed E-state index contributed by atoms with van der Waals surface area (Å²) in [6, 6.07) is 7.06. The van der Waals surface area contributed by atoms with Gasteiger partial charge in [0.1, 0.15) is 24.4 Å². The third-order valence-electron chi connectivity index (χ3n) is 4.79. The van der Waals surface area contributed by atoms with E-state index < -0.39 is 50.0 Å². The predicted octanol–water partition coefficient (Wildman–Crippen LogP) is 3.75. The molecule has 2 aromatic heterocycles. The monoisotopic (exact) mass is 564 g/mol. The van der Waals surface area contributed by atoms with Gasteiger partial charge in [-0.05, 0) is 36.4 Å². The third-order valence-corrected chi connectivity index (χ3v) is 5.04. The topological polar surface area (TPSA) is 132 Å². The van der Waals surface area contributed by atoms with Gasteiger partial charge < -0.3 is 15.7 Å². The van der Waals surface area contributed by atoms with Crippen LogP contribution in [0.5, 0.6) is 0 Å². The Bertz CT molecular complexity index is 1270. The number of halogens is 7. The molecule has 0 saturated carbocycles. The number of urea groups is 1. The molecule has 0 unspecified atom stereocenters. The number of hydrogen-bond acceptors (Lipinski definition) is 7. The lowest BCUT2D eigenvalue weighted by atomic mass is 10.2. The summed E-state index contributed by atoms with van der Waals surface area (Å²) in [6.45, 7) is -3.06. The van der Waals surface area contributed by atoms with Gasteiger partial charge in [-0.2, -0.15) is 26.3 Å². The number of alkyl halides is 6. The van der Waals surface area contributed by atoms with Crippen molar-refractivity contribution in [2.45, 2.75) is 25.0 Å². The zero-order valence-corrected chi connectivity index (χ0v) is 19.8. The van der Waals surface area contributed by atoms with Crippen LogP contribution in [0.3, 0.4) is 0 Å². The van der Waals surface area contributed by atoms with Crippen LogP contribution in [-0.4, -0.2) is 73.2 Å². The molecule has 0 fully saturated rings. The van der Waals surface area contributed by atoms with Crippen LogP contribution >= 0.6 is 11.6 Å². The van der Waals surface area contributed by atoms with Crippen LogP contribution in [0.1, 0.15) is 11.4 Å². The molecule has 17 heteroatoms. The minimum atomic E-state index is -5.05. The summed E-state index contributed by atoms with van der Waals surface area (Å²) in [5.41, 5.74) is 0.165. The molecule has 38 heavy (non-hydrogen) atoms. The second-order valence-electron chi connectivity index (χ2n) is 7.63. The highest BCUT2D eigenvalue weighted by molar-refractivity contribution is 6.30. The summed E-state index contributed by atoms with van der Waals surface area (Å²) in [7, 11) is 0. The molecule has 0 aliphatic rings. The van der Waals surface area contributed by atoms with Crippen molar-refractivity contribution in [3.05, 3.63) is 65.3 Å². The van der Waals surface area contributed by atoms with Gasteiger partial charge in [0.15, 0.2) is 17.7 Å². The van der Waals surface area contributed by atoms with Crippen LogP contribution in [0.4, 0.5) is 37.0 Å². The van der Waals surface area contributed by atoms with Gasteiger partial charge in [0.05, 0.1) is 13.1 Å². The Morgan fingerprint density at radius 2 is 1.82 bits per heavy atom. The lowest BCUT2D eigenvalue weighted by molar-refractivity contribution is -0.204. The number of nitrogens with zero attached hydrogens (tertiary/aromatic N) is 5. The Labute approximate surface area is 215 Å². The van der Waals surface area contributed by atoms with E-state index >= 15 is 0 Å². The van der Waals surface area contributed by atoms with Crippen LogP contribution in [0.15, 0.2) is 48.9 Å². The number of anilines is 1. The van der Waals surface area contributed by atoms with E-state index in [9.17, 15) is 36.2 Å². The summed E-state index contributed by atoms with van der Waals surface area (Å²) in [6.07, 6.45) is -10.1. The van der Waals surface area contributed by atoms with Gasteiger partial charge in [0.25, 0.3) is 0 Å². The predicted molar refractivity (Wildman–Crippen MR) is 123 cm³/mol. The summed E-state index contributed by atoms with van der Waals surface area (Å²) in [4.78, 5) is 20.9. The van der Waals surface area contributed by atoms with Crippen LogP contribution < -0.4 is 10.6 Å². The Kier molecular flexibility index (Phi) is 8.78. The van der Waals surface area contributed by atoms with Gasteiger partial charge in [-0.25, -0.2) is 19.4 Å². The molecule has 204 valence electrons. The molecule has 2 heterocycles. The number of amides is 2. The zero-order valence-electron chi connectivity index (χ0n) is 19.1. The number of carbonyl (C=O) groups is 1. The van der Waals surface area contributed by atoms with Crippen molar-refractivity contribution in [2.24, 2.45) is 0 Å². The normalized spacial score (nSPS) is 12.6. The molecule has 2 amide bonds. The Morgan fingerprint density at radius 3 is 2.45 bits per heavy atom. The number of hydrogen-bond donors (Lipinski definition) is 4. The van der Waals surface area contributed by atoms with E-state index in [1.165, 1.54) is 42.6 Å². The molecular weight excluding hydrogens is 546 g/mol. The molecule has 0 spiro atoms. The highest BCUT2D eigenvalue weighted by Gasteiger charge is 2.41. The minimum Gasteiger partial charge on any atom is -0.382 e. The van der Waals surface area contributed by atoms with E-state index in [-0.39, 0.29) is 22.9 Å². The average Bonchev–Trinajstić information content (AvgIpc) is 3.32. The van der Waals surface area contributed by atoms with E-state index in [4.69, 9.17) is 17.0 Å². The van der Waals surface area contributed by atoms with Crippen molar-refractivity contribution in [3.8, 4) is 5.69 Å². The van der Waals surface area contributed by atoms with Gasteiger partial charge in [-0.3, -0.25) is 10.3 Å². The SMILES string of the molecule is N=C(c1ccc(Cl)cc1)N(C[C@H](O)C(F)(F)F)C(=O)NCc1ncn(-c2cccnc2NCC(F)(F)F)n1. The van der Waals surface area contributed by atoms with Crippen molar-refractivity contribution in [3.63, 3.8) is 0 Å². The second kappa shape index (κ2) is 11.6. The number of aromatic nitrogens is 4. The first-order valence-corrected chi connectivity index (χ1v) is 10.9. The van der Waals surface area contributed by atoms with Crippen LogP contribution in [0.2, 0.25) is 5.02 Å². The molecular formula is C21H19ClF6N8O2. The van der Waals surface area contributed by atoms with Gasteiger partial charge in [-0.1, -0.05) is 11.6 Å². The fourth-order valence-electron chi connectivity index (χ4n) is 2.96. The first kappa shape index (κ1) is 28.6. The minimum absolute atomic E-state index is 0.0526. The number of rotatable bonds is 8. The lowest BCUT2D eigenvalue weighted by Crippen LogP contribution is -2.50. The molecule has 10 nitrogen and oxygen atoms in total. The highest BCUT2D eigenvalue weighted by atomic mass is 35.5. The van der Waals surface area contributed by atoms with Crippen LogP contribution in [0.25, 0.3) is 5.69 Å². The molecule has 4 N–H and O–H groups in total. The number of aliphatic hydroxyl groups excluding tert-OH is 1. The van der Waals surface area contributed by atoms with Crippen molar-refractivity contribution in [1.29, 1.82) is 5.41 Å². The number of nitrogens with one attached hydrogen (secondary N) is 3. The Balaban J connectivity index is 1.74. The molecule has 0 radical (unpaired) electrons. The largest absolute Gasteiger partial charge is 0.416 e. The molecule has 3 aromatic rings. The zero-order chi connectivity index (χ0) is 28.1. The summed E-state index contributed by atoms with van der Waals surface area (Å²) >= 11 is 5.79. The van der Waals surface area contributed by atoms with Gasteiger partial charge in [0, 0.05) is 16.8 Å². The standard InChI is InChI=1S/C21H19ClF6N8O2/c22-13-5-3-12(4-6-13)17(29)35(9-15(37)21(26,27)28)19(38)31-8-16-33-11-36(34-16)14-2-1-7-30-18(14)32-10-20(23,24)25/h1-7,11,15,29,37H,8-10H2,(H,30,32)(H,31,38)/t15-/m0/s1. The van der Waals surface area contributed by atoms with Crippen LogP contribution in [-0.2, 0) is 6.54 Å². The fraction of sp³-hybridized carbons (Fsp3) is 0.286. The maximum atomic E-state index is 13.0. The maximum absolute atomic E-state index is 13.0. The van der Waals surface area contributed by atoms with Gasteiger partial charge >= 0.3 is 18.4 Å². The summed E-state index contributed by atoms with van der Waals surface area (Å²) < 4.78 is 77.7. The van der Waals surface area contributed by atoms with E-state index in [2.05, 4.69) is 25.7 Å². The summed E-state index contributed by atoms with van der Waals surface area (Å²) in [5.74, 6) is -0.843. The number of amidine groups is 1. The second-order valence-corrected chi connectivity index (χ2v) is 8.06. The van der Waals surface area contributed by atoms with Crippen molar-refractivity contribution < 1.29 is 36.2 Å². The molecule has 1 aromatic carbocycles. The summed E-state index contributed by atoms with van der Waals surface area (Å²) in [5, 5.41) is 26.5. The molecule has 0 aliphatic heterocycles. The first-order valence-electron chi connectivity index (χ1n) is 10.6. The first-order chi connectivity index (χ1) is 17.7. The van der Waals surface area contributed by atoms with Crippen molar-refractivity contribution >= 4 is 29.3 Å². The number of pyridine rings is 1. The van der Waals surface area contributed by atoms with E-state index in [1.54, 1.807) is 0 Å². The smallest absolute Gasteiger partial charge is 0.382 e. The molecule has 0 saturated heterocycles. The van der Waals surface area contributed by atoms with Gasteiger partial charge in [-0.15, -0.1) is 5.10 Å². The van der Waals surface area contributed by atoms with Crippen LogP contribution in [0, 0.1) is 5.41 Å². The van der Waals surface area contributed by atoms with Crippen molar-refractivity contribution in [2.75, 3.05) is 18.4 Å². The van der Waals surface area contributed by atoms with Crippen molar-refractivity contribution in [1.82, 2.24) is 30.0 Å². The average molecular weight is 565 g/mol. The molecule has 3 rings (SSSR count). The van der Waals surface area contributed by atoms with E-state index in [1.807, 2.05) is 0 Å². The van der Waals surface area contributed by atoms with Gasteiger partial charge in [0.2, 0.25) is 0 Å².